The van der Waals surface area contributed by atoms with Gasteiger partial charge in [-0.1, -0.05) is 37.3 Å². The van der Waals surface area contributed by atoms with Gasteiger partial charge < -0.3 is 9.64 Å². The maximum atomic E-state index is 13.0. The Hall–Kier alpha value is -1.87. The number of hydrogen-bond donors (Lipinski definition) is 1. The number of ether oxygens (including phenoxy) is 1. The SMILES string of the molecule is CSc1ccc(S(=O)(=O)NCC(C)c2ccccc2)cc1C(=O)N1CCOCC1. The number of morpholine rings is 1. The molecule has 1 aliphatic rings. The zero-order valence-corrected chi connectivity index (χ0v) is 18.3. The van der Waals surface area contributed by atoms with Crippen molar-refractivity contribution >= 4 is 27.7 Å². The van der Waals surface area contributed by atoms with Crippen LogP contribution in [0.25, 0.3) is 0 Å². The summed E-state index contributed by atoms with van der Waals surface area (Å²) in [6.45, 7) is 4.27. The van der Waals surface area contributed by atoms with E-state index >= 15 is 0 Å². The van der Waals surface area contributed by atoms with E-state index in [1.54, 1.807) is 17.0 Å². The van der Waals surface area contributed by atoms with Gasteiger partial charge in [0.15, 0.2) is 0 Å². The van der Waals surface area contributed by atoms with Crippen molar-refractivity contribution in [1.29, 1.82) is 0 Å². The summed E-state index contributed by atoms with van der Waals surface area (Å²) >= 11 is 1.43. The number of rotatable bonds is 7. The lowest BCUT2D eigenvalue weighted by Crippen LogP contribution is -2.41. The van der Waals surface area contributed by atoms with E-state index in [1.807, 2.05) is 43.5 Å². The van der Waals surface area contributed by atoms with Crippen LogP contribution in [0, 0.1) is 0 Å². The van der Waals surface area contributed by atoms with E-state index in [4.69, 9.17) is 4.74 Å². The van der Waals surface area contributed by atoms with Crippen LogP contribution in [0.15, 0.2) is 58.3 Å². The lowest BCUT2D eigenvalue weighted by molar-refractivity contribution is 0.0300. The number of carbonyl (C=O) groups is 1. The van der Waals surface area contributed by atoms with Crippen LogP contribution in [-0.2, 0) is 14.8 Å². The van der Waals surface area contributed by atoms with Crippen molar-refractivity contribution in [1.82, 2.24) is 9.62 Å². The van der Waals surface area contributed by atoms with Gasteiger partial charge in [0.2, 0.25) is 10.0 Å². The Morgan fingerprint density at radius 1 is 1.17 bits per heavy atom. The van der Waals surface area contributed by atoms with Gasteiger partial charge in [-0.3, -0.25) is 4.79 Å². The molecule has 156 valence electrons. The Morgan fingerprint density at radius 3 is 2.52 bits per heavy atom. The molecule has 0 bridgehead atoms. The topological polar surface area (TPSA) is 75.7 Å². The fourth-order valence-corrected chi connectivity index (χ4v) is 4.90. The average molecular weight is 435 g/mol. The van der Waals surface area contributed by atoms with Crippen LogP contribution in [0.4, 0.5) is 0 Å². The smallest absolute Gasteiger partial charge is 0.255 e. The zero-order valence-electron chi connectivity index (χ0n) is 16.6. The van der Waals surface area contributed by atoms with Crippen LogP contribution >= 0.6 is 11.8 Å². The highest BCUT2D eigenvalue weighted by atomic mass is 32.2. The maximum Gasteiger partial charge on any atom is 0.255 e. The van der Waals surface area contributed by atoms with Gasteiger partial charge in [-0.05, 0) is 35.9 Å². The summed E-state index contributed by atoms with van der Waals surface area (Å²) in [5, 5.41) is 0. The van der Waals surface area contributed by atoms with Crippen molar-refractivity contribution in [2.24, 2.45) is 0 Å². The molecule has 0 radical (unpaired) electrons. The molecular weight excluding hydrogens is 408 g/mol. The van der Waals surface area contributed by atoms with Crippen LogP contribution in [0.1, 0.15) is 28.8 Å². The maximum absolute atomic E-state index is 13.0. The van der Waals surface area contributed by atoms with Gasteiger partial charge in [0, 0.05) is 24.5 Å². The van der Waals surface area contributed by atoms with Crippen LogP contribution in [-0.4, -0.2) is 58.3 Å². The number of sulfonamides is 1. The number of nitrogens with zero attached hydrogens (tertiary/aromatic N) is 1. The second-order valence-electron chi connectivity index (χ2n) is 6.93. The standard InChI is InChI=1S/C21H26N2O4S2/c1-16(17-6-4-3-5-7-17)15-22-29(25,26)18-8-9-20(28-2)19(14-18)21(24)23-10-12-27-13-11-23/h3-9,14,16,22H,10-13,15H2,1-2H3. The first-order valence-corrected chi connectivity index (χ1v) is 12.2. The molecule has 1 N–H and O–H groups in total. The van der Waals surface area contributed by atoms with E-state index in [0.29, 0.717) is 31.9 Å². The number of thioether (sulfide) groups is 1. The van der Waals surface area contributed by atoms with Gasteiger partial charge >= 0.3 is 0 Å². The molecule has 0 saturated carbocycles. The lowest BCUT2D eigenvalue weighted by atomic mass is 10.0. The molecule has 3 rings (SSSR count). The van der Waals surface area contributed by atoms with Gasteiger partial charge in [0.05, 0.1) is 23.7 Å². The first-order chi connectivity index (χ1) is 13.9. The fourth-order valence-electron chi connectivity index (χ4n) is 3.18. The fraction of sp³-hybridized carbons (Fsp3) is 0.381. The molecule has 0 aromatic heterocycles. The minimum atomic E-state index is -3.73. The van der Waals surface area contributed by atoms with E-state index in [-0.39, 0.29) is 23.3 Å². The highest BCUT2D eigenvalue weighted by Gasteiger charge is 2.24. The van der Waals surface area contributed by atoms with Crippen molar-refractivity contribution in [3.8, 4) is 0 Å². The van der Waals surface area contributed by atoms with Gasteiger partial charge in [-0.15, -0.1) is 11.8 Å². The monoisotopic (exact) mass is 434 g/mol. The van der Waals surface area contributed by atoms with Crippen molar-refractivity contribution in [2.75, 3.05) is 39.1 Å². The Kier molecular flexibility index (Phi) is 7.34. The predicted molar refractivity (Wildman–Crippen MR) is 115 cm³/mol. The molecule has 6 nitrogen and oxygen atoms in total. The summed E-state index contributed by atoms with van der Waals surface area (Å²) in [5.41, 5.74) is 1.48. The molecule has 8 heteroatoms. The Balaban J connectivity index is 1.79. The predicted octanol–water partition coefficient (Wildman–Crippen LogP) is 2.96. The van der Waals surface area contributed by atoms with Crippen molar-refractivity contribution in [3.63, 3.8) is 0 Å². The summed E-state index contributed by atoms with van der Waals surface area (Å²) < 4.78 is 33.7. The van der Waals surface area contributed by atoms with E-state index in [9.17, 15) is 13.2 Å². The van der Waals surface area contributed by atoms with Crippen molar-refractivity contribution in [3.05, 3.63) is 59.7 Å². The Morgan fingerprint density at radius 2 is 1.86 bits per heavy atom. The second kappa shape index (κ2) is 9.75. The molecule has 0 spiro atoms. The quantitative estimate of drug-likeness (QED) is 0.678. The second-order valence-corrected chi connectivity index (χ2v) is 9.55. The van der Waals surface area contributed by atoms with E-state index in [0.717, 1.165) is 10.5 Å². The first-order valence-electron chi connectivity index (χ1n) is 9.52. The number of hydrogen-bond acceptors (Lipinski definition) is 5. The third-order valence-electron chi connectivity index (χ3n) is 4.96. The van der Waals surface area contributed by atoms with Gasteiger partial charge in [0.1, 0.15) is 0 Å². The van der Waals surface area contributed by atoms with Gasteiger partial charge in [-0.2, -0.15) is 0 Å². The molecular formula is C21H26N2O4S2. The summed E-state index contributed by atoms with van der Waals surface area (Å²) in [4.78, 5) is 15.5. The average Bonchev–Trinajstić information content (AvgIpc) is 2.77. The highest BCUT2D eigenvalue weighted by molar-refractivity contribution is 7.98. The lowest BCUT2D eigenvalue weighted by Gasteiger charge is -2.27. The third kappa shape index (κ3) is 5.39. The summed E-state index contributed by atoms with van der Waals surface area (Å²) in [6.07, 6.45) is 1.87. The van der Waals surface area contributed by atoms with Crippen LogP contribution < -0.4 is 4.72 Å². The first kappa shape index (κ1) is 21.8. The molecule has 1 heterocycles. The minimum Gasteiger partial charge on any atom is -0.378 e. The Bertz CT molecular complexity index is 942. The molecule has 1 aliphatic heterocycles. The van der Waals surface area contributed by atoms with Crippen molar-refractivity contribution < 1.29 is 17.9 Å². The number of benzene rings is 2. The van der Waals surface area contributed by atoms with E-state index in [1.165, 1.54) is 17.8 Å². The minimum absolute atomic E-state index is 0.0332. The largest absolute Gasteiger partial charge is 0.378 e. The molecule has 1 amide bonds. The molecule has 2 aromatic carbocycles. The van der Waals surface area contributed by atoms with Crippen LogP contribution in [0.2, 0.25) is 0 Å². The number of amides is 1. The highest BCUT2D eigenvalue weighted by Crippen LogP contribution is 2.26. The van der Waals surface area contributed by atoms with Crippen LogP contribution in [0.3, 0.4) is 0 Å². The molecule has 29 heavy (non-hydrogen) atoms. The van der Waals surface area contributed by atoms with E-state index in [2.05, 4.69) is 4.72 Å². The molecule has 1 unspecified atom stereocenters. The van der Waals surface area contributed by atoms with Crippen molar-refractivity contribution in [2.45, 2.75) is 22.6 Å². The van der Waals surface area contributed by atoms with Crippen LogP contribution in [0.5, 0.6) is 0 Å². The number of carbonyl (C=O) groups excluding carboxylic acids is 1. The molecule has 2 aromatic rings. The summed E-state index contributed by atoms with van der Waals surface area (Å²) in [6, 6.07) is 14.5. The zero-order chi connectivity index (χ0) is 20.9. The van der Waals surface area contributed by atoms with Gasteiger partial charge in [0.25, 0.3) is 5.91 Å². The normalized spacial score (nSPS) is 15.9. The summed E-state index contributed by atoms with van der Waals surface area (Å²) in [5.74, 6) is -0.127. The van der Waals surface area contributed by atoms with Gasteiger partial charge in [-0.25, -0.2) is 13.1 Å². The third-order valence-corrected chi connectivity index (χ3v) is 7.18. The molecule has 1 saturated heterocycles. The molecule has 0 aliphatic carbocycles. The molecule has 1 atom stereocenters. The Labute approximate surface area is 176 Å². The molecule has 1 fully saturated rings. The number of nitrogens with one attached hydrogen (secondary N) is 1. The van der Waals surface area contributed by atoms with E-state index < -0.39 is 10.0 Å². The summed E-state index contributed by atoms with van der Waals surface area (Å²) in [7, 11) is -3.73.